The predicted molar refractivity (Wildman–Crippen MR) is 47.5 cm³/mol. The maximum Gasteiger partial charge on any atom is 0.403 e. The van der Waals surface area contributed by atoms with Crippen molar-refractivity contribution in [3.63, 3.8) is 0 Å². The Morgan fingerprint density at radius 3 is 3.17 bits per heavy atom. The van der Waals surface area contributed by atoms with Gasteiger partial charge in [-0.25, -0.2) is 0 Å². The van der Waals surface area contributed by atoms with Gasteiger partial charge in [-0.2, -0.15) is 0 Å². The van der Waals surface area contributed by atoms with Gasteiger partial charge in [0.1, 0.15) is 0 Å². The van der Waals surface area contributed by atoms with E-state index in [1.807, 2.05) is 12.1 Å². The van der Waals surface area contributed by atoms with Crippen molar-refractivity contribution >= 4 is 12.9 Å². The van der Waals surface area contributed by atoms with Gasteiger partial charge in [-0.3, -0.25) is 4.81 Å². The number of hydrogen-bond donors (Lipinski definition) is 0. The summed E-state index contributed by atoms with van der Waals surface area (Å²) in [6.45, 7) is 2.16. The third kappa shape index (κ3) is 1.20. The first kappa shape index (κ1) is 7.68. The first-order chi connectivity index (χ1) is 5.92. The first-order valence-electron chi connectivity index (χ1n) is 4.20. The monoisotopic (exact) mass is 161 g/mol. The van der Waals surface area contributed by atoms with E-state index in [2.05, 4.69) is 13.0 Å². The van der Waals surface area contributed by atoms with Crippen LogP contribution in [0.4, 0.5) is 0 Å². The molecule has 1 aromatic carbocycles. The molecule has 0 aromatic heterocycles. The lowest BCUT2D eigenvalue weighted by Gasteiger charge is -2.01. The summed E-state index contributed by atoms with van der Waals surface area (Å²) in [6, 6.07) is 6.02. The molecule has 1 aromatic rings. The van der Waals surface area contributed by atoms with Crippen LogP contribution in [0.25, 0.3) is 0 Å². The van der Waals surface area contributed by atoms with Gasteiger partial charge in [0.15, 0.2) is 5.75 Å². The van der Waals surface area contributed by atoms with Crippen LogP contribution in [0.15, 0.2) is 18.2 Å². The highest BCUT2D eigenvalue weighted by molar-refractivity contribution is 6.49. The Kier molecular flexibility index (Phi) is 2.04. The average molecular weight is 161 g/mol. The van der Waals surface area contributed by atoms with Gasteiger partial charge >= 0.3 is 7.48 Å². The van der Waals surface area contributed by atoms with Crippen LogP contribution in [-0.4, -0.2) is 7.48 Å². The molecule has 1 radical (unpaired) electrons. The highest BCUT2D eigenvalue weighted by atomic mass is 17.2. The van der Waals surface area contributed by atoms with E-state index >= 15 is 0 Å². The molecule has 0 fully saturated rings. The number of aryl methyl sites for hydroxylation is 1. The van der Waals surface area contributed by atoms with Crippen molar-refractivity contribution in [2.24, 2.45) is 0 Å². The highest BCUT2D eigenvalue weighted by Gasteiger charge is 2.18. The van der Waals surface area contributed by atoms with Crippen molar-refractivity contribution in [3.8, 4) is 5.75 Å². The fourth-order valence-corrected chi connectivity index (χ4v) is 1.41. The number of benzene rings is 1. The number of fused-ring (bicyclic) bond motifs is 1. The fraction of sp³-hybridized carbons (Fsp3) is 0.333. The molecule has 1 heterocycles. The van der Waals surface area contributed by atoms with Gasteiger partial charge in [0.05, 0.1) is 0 Å². The lowest BCUT2D eigenvalue weighted by Crippen LogP contribution is -2.14. The van der Waals surface area contributed by atoms with E-state index in [4.69, 9.17) is 9.69 Å². The SMILES string of the molecule is CCCc1cccc2c1[B]OO2. The molecule has 2 nitrogen and oxygen atoms in total. The van der Waals surface area contributed by atoms with Gasteiger partial charge < -0.3 is 4.89 Å². The Balaban J connectivity index is 2.36. The minimum atomic E-state index is 0.834. The largest absolute Gasteiger partial charge is 0.403 e. The van der Waals surface area contributed by atoms with Crippen molar-refractivity contribution in [1.82, 2.24) is 0 Å². The lowest BCUT2D eigenvalue weighted by atomic mass is 9.83. The van der Waals surface area contributed by atoms with Crippen molar-refractivity contribution in [2.45, 2.75) is 19.8 Å². The van der Waals surface area contributed by atoms with E-state index < -0.39 is 0 Å². The molecule has 0 saturated heterocycles. The summed E-state index contributed by atoms with van der Waals surface area (Å²) < 4.78 is 0. The number of rotatable bonds is 2. The predicted octanol–water partition coefficient (Wildman–Crippen LogP) is 1.21. The summed E-state index contributed by atoms with van der Waals surface area (Å²) >= 11 is 0. The molecule has 0 spiro atoms. The maximum absolute atomic E-state index is 4.93. The molecule has 0 bridgehead atoms. The molecule has 61 valence electrons. The van der Waals surface area contributed by atoms with Gasteiger partial charge in [-0.05, 0) is 18.1 Å². The van der Waals surface area contributed by atoms with Crippen LogP contribution < -0.4 is 10.4 Å². The third-order valence-corrected chi connectivity index (χ3v) is 1.98. The summed E-state index contributed by atoms with van der Waals surface area (Å²) in [5.41, 5.74) is 2.40. The molecule has 0 N–H and O–H groups in total. The normalized spacial score (nSPS) is 13.4. The zero-order chi connectivity index (χ0) is 8.39. The minimum Gasteiger partial charge on any atom is -0.355 e. The molecule has 0 amide bonds. The summed E-state index contributed by atoms with van der Waals surface area (Å²) in [5.74, 6) is 0.834. The number of hydrogen-bond acceptors (Lipinski definition) is 2. The van der Waals surface area contributed by atoms with Crippen LogP contribution in [0.1, 0.15) is 18.9 Å². The molecule has 3 heteroatoms. The molecule has 0 aliphatic carbocycles. The van der Waals surface area contributed by atoms with E-state index in [1.165, 1.54) is 5.56 Å². The third-order valence-electron chi connectivity index (χ3n) is 1.98. The second kappa shape index (κ2) is 3.19. The standard InChI is InChI=1S/C9H10BO2/c1-2-4-7-5-3-6-8-9(7)10-12-11-8/h3,5-6H,2,4H2,1H3. The minimum absolute atomic E-state index is 0.834. The summed E-state index contributed by atoms with van der Waals surface area (Å²) in [6.07, 6.45) is 2.22. The summed E-state index contributed by atoms with van der Waals surface area (Å²) in [5, 5.41) is 0. The zero-order valence-corrected chi connectivity index (χ0v) is 7.04. The smallest absolute Gasteiger partial charge is 0.355 e. The van der Waals surface area contributed by atoms with Gasteiger partial charge in [-0.1, -0.05) is 25.5 Å². The topological polar surface area (TPSA) is 18.5 Å². The molecule has 0 saturated carbocycles. The van der Waals surface area contributed by atoms with Crippen molar-refractivity contribution in [3.05, 3.63) is 23.8 Å². The van der Waals surface area contributed by atoms with Gasteiger partial charge in [0.25, 0.3) is 0 Å². The highest BCUT2D eigenvalue weighted by Crippen LogP contribution is 2.15. The van der Waals surface area contributed by atoms with Crippen LogP contribution in [0.2, 0.25) is 0 Å². The van der Waals surface area contributed by atoms with E-state index in [-0.39, 0.29) is 0 Å². The molecule has 12 heavy (non-hydrogen) atoms. The van der Waals surface area contributed by atoms with Gasteiger partial charge in [-0.15, -0.1) is 0 Å². The van der Waals surface area contributed by atoms with E-state index in [9.17, 15) is 0 Å². The molecule has 1 aliphatic heterocycles. The Labute approximate surface area is 72.7 Å². The fourth-order valence-electron chi connectivity index (χ4n) is 1.41. The summed E-state index contributed by atoms with van der Waals surface area (Å²) in [7, 11) is 1.67. The van der Waals surface area contributed by atoms with Crippen LogP contribution in [-0.2, 0) is 11.2 Å². The quantitative estimate of drug-likeness (QED) is 0.479. The first-order valence-corrected chi connectivity index (χ1v) is 4.20. The summed E-state index contributed by atoms with van der Waals surface area (Å²) in [4.78, 5) is 9.71. The second-order valence-corrected chi connectivity index (χ2v) is 2.88. The Morgan fingerprint density at radius 2 is 2.33 bits per heavy atom. The molecular formula is C9H10BO2. The molecular weight excluding hydrogens is 151 g/mol. The molecule has 2 rings (SSSR count). The van der Waals surface area contributed by atoms with Crippen LogP contribution in [0.3, 0.4) is 0 Å². The van der Waals surface area contributed by atoms with E-state index in [0.29, 0.717) is 0 Å². The van der Waals surface area contributed by atoms with Gasteiger partial charge in [0.2, 0.25) is 0 Å². The lowest BCUT2D eigenvalue weighted by molar-refractivity contribution is -0.0860. The van der Waals surface area contributed by atoms with Crippen LogP contribution >= 0.6 is 0 Å². The van der Waals surface area contributed by atoms with Crippen molar-refractivity contribution in [2.75, 3.05) is 0 Å². The maximum atomic E-state index is 4.93. The second-order valence-electron chi connectivity index (χ2n) is 2.88. The van der Waals surface area contributed by atoms with Crippen LogP contribution in [0, 0.1) is 0 Å². The van der Waals surface area contributed by atoms with E-state index in [0.717, 1.165) is 24.1 Å². The molecule has 1 aliphatic rings. The molecule has 0 atom stereocenters. The van der Waals surface area contributed by atoms with Crippen molar-refractivity contribution in [1.29, 1.82) is 0 Å². The van der Waals surface area contributed by atoms with Gasteiger partial charge in [0, 0.05) is 5.46 Å². The Hall–Kier alpha value is -0.955. The Morgan fingerprint density at radius 1 is 1.42 bits per heavy atom. The van der Waals surface area contributed by atoms with E-state index in [1.54, 1.807) is 7.48 Å². The zero-order valence-electron chi connectivity index (χ0n) is 7.04. The average Bonchev–Trinajstić information content (AvgIpc) is 2.53. The van der Waals surface area contributed by atoms with Crippen LogP contribution in [0.5, 0.6) is 5.75 Å². The Bertz CT molecular complexity index is 286. The molecule has 0 unspecified atom stereocenters. The van der Waals surface area contributed by atoms with Crippen molar-refractivity contribution < 1.29 is 9.69 Å².